The molecule has 0 amide bonds. The van der Waals surface area contributed by atoms with Crippen LogP contribution in [0.3, 0.4) is 0 Å². The third-order valence-corrected chi connectivity index (χ3v) is 5.77. The van der Waals surface area contributed by atoms with Crippen LogP contribution in [0.25, 0.3) is 22.3 Å². The van der Waals surface area contributed by atoms with Crippen molar-refractivity contribution in [3.05, 3.63) is 56.9 Å². The Bertz CT molecular complexity index is 1260. The zero-order valence-electron chi connectivity index (χ0n) is 15.4. The molecule has 2 aliphatic rings. The normalized spacial score (nSPS) is 19.9. The molecule has 2 N–H and O–H groups in total. The molecule has 2 aliphatic heterocycles. The number of fused-ring (bicyclic) bond motifs is 5. The number of phenolic OH excluding ortho intramolecular Hbond substituents is 1. The number of aromatic nitrogens is 2. The van der Waals surface area contributed by atoms with Gasteiger partial charge in [-0.25, -0.2) is 9.78 Å². The summed E-state index contributed by atoms with van der Waals surface area (Å²) in [4.78, 5) is 29.9. The van der Waals surface area contributed by atoms with E-state index in [0.29, 0.717) is 29.9 Å². The summed E-state index contributed by atoms with van der Waals surface area (Å²) in [7, 11) is 0. The van der Waals surface area contributed by atoms with Crippen molar-refractivity contribution in [2.24, 2.45) is 0 Å². The molecular formula is C21H18N2O5. The summed E-state index contributed by atoms with van der Waals surface area (Å²) >= 11 is 0. The van der Waals surface area contributed by atoms with Crippen molar-refractivity contribution in [3.8, 4) is 17.1 Å². The molecule has 0 radical (unpaired) electrons. The molecule has 3 aromatic rings. The lowest BCUT2D eigenvalue weighted by molar-refractivity contribution is -0.169. The molecule has 1 atom stereocenters. The van der Waals surface area contributed by atoms with Crippen LogP contribution in [0.5, 0.6) is 5.75 Å². The van der Waals surface area contributed by atoms with Crippen molar-refractivity contribution >= 4 is 16.9 Å². The van der Waals surface area contributed by atoms with Crippen LogP contribution in [0.2, 0.25) is 0 Å². The van der Waals surface area contributed by atoms with Gasteiger partial charge < -0.3 is 19.5 Å². The van der Waals surface area contributed by atoms with E-state index in [0.717, 1.165) is 22.0 Å². The fourth-order valence-corrected chi connectivity index (χ4v) is 4.31. The van der Waals surface area contributed by atoms with Crippen LogP contribution in [-0.4, -0.2) is 25.7 Å². The molecule has 2 aromatic heterocycles. The maximum Gasteiger partial charge on any atom is 0.342 e. The van der Waals surface area contributed by atoms with E-state index in [1.54, 1.807) is 28.8 Å². The molecule has 7 heteroatoms. The minimum atomic E-state index is -1.87. The summed E-state index contributed by atoms with van der Waals surface area (Å²) in [6, 6.07) is 6.70. The fraction of sp³-hybridized carbons (Fsp3) is 0.286. The number of hydrogen-bond donors (Lipinski definition) is 2. The number of nitrogens with zero attached hydrogens (tertiary/aromatic N) is 2. The highest BCUT2D eigenvalue weighted by molar-refractivity contribution is 5.89. The average molecular weight is 378 g/mol. The third-order valence-electron chi connectivity index (χ3n) is 5.77. The smallest absolute Gasteiger partial charge is 0.342 e. The number of hydrogen-bond acceptors (Lipinski definition) is 6. The molecule has 142 valence electrons. The second kappa shape index (κ2) is 5.42. The number of benzene rings is 1. The van der Waals surface area contributed by atoms with Gasteiger partial charge in [0, 0.05) is 16.5 Å². The molecule has 0 aliphatic carbocycles. The lowest BCUT2D eigenvalue weighted by Crippen LogP contribution is -2.42. The van der Waals surface area contributed by atoms with Gasteiger partial charge in [-0.05, 0) is 43.2 Å². The largest absolute Gasteiger partial charge is 0.508 e. The van der Waals surface area contributed by atoms with Crippen LogP contribution in [0.15, 0.2) is 29.1 Å². The molecular weight excluding hydrogens is 360 g/mol. The molecule has 1 aromatic carbocycles. The lowest BCUT2D eigenvalue weighted by atomic mass is 9.89. The number of ether oxygens (including phenoxy) is 1. The average Bonchev–Trinajstić information content (AvgIpc) is 3.02. The number of aliphatic hydroxyl groups is 1. The van der Waals surface area contributed by atoms with Crippen LogP contribution in [0.4, 0.5) is 0 Å². The van der Waals surface area contributed by atoms with Crippen molar-refractivity contribution < 1.29 is 19.7 Å². The number of phenols is 1. The van der Waals surface area contributed by atoms with Gasteiger partial charge in [0.1, 0.15) is 12.4 Å². The summed E-state index contributed by atoms with van der Waals surface area (Å²) in [5.41, 5.74) is 2.33. The second-order valence-corrected chi connectivity index (χ2v) is 7.43. The molecule has 0 bridgehead atoms. The standard InChI is InChI=1S/C21H18N2O5/c1-3-11-12-6-10(24)4-5-16(12)22-18-13(11)8-23-17(18)7-15-14(19(23)25)9-28-20(26)21(15,2)27/h4-7,24,27H,3,8-9H2,1-2H3. The Morgan fingerprint density at radius 3 is 2.79 bits per heavy atom. The predicted molar refractivity (Wildman–Crippen MR) is 101 cm³/mol. The van der Waals surface area contributed by atoms with Gasteiger partial charge in [-0.1, -0.05) is 6.92 Å². The van der Waals surface area contributed by atoms with Crippen LogP contribution in [0, 0.1) is 0 Å². The van der Waals surface area contributed by atoms with Gasteiger partial charge in [0.15, 0.2) is 5.60 Å². The van der Waals surface area contributed by atoms with Crippen molar-refractivity contribution in [2.75, 3.05) is 0 Å². The first-order valence-corrected chi connectivity index (χ1v) is 9.14. The van der Waals surface area contributed by atoms with Crippen molar-refractivity contribution in [2.45, 2.75) is 39.0 Å². The summed E-state index contributed by atoms with van der Waals surface area (Å²) < 4.78 is 6.63. The second-order valence-electron chi connectivity index (χ2n) is 7.43. The Labute approximate surface area is 159 Å². The van der Waals surface area contributed by atoms with Gasteiger partial charge in [0.25, 0.3) is 5.56 Å². The van der Waals surface area contributed by atoms with Gasteiger partial charge in [-0.15, -0.1) is 0 Å². The SMILES string of the molecule is CCc1c2c(nc3ccc(O)cc13)-c1cc3c(c(=O)n1C2)COC(=O)C3(C)O. The van der Waals surface area contributed by atoms with E-state index in [-0.39, 0.29) is 23.5 Å². The molecule has 0 fully saturated rings. The maximum absolute atomic E-state index is 13.1. The Morgan fingerprint density at radius 1 is 1.25 bits per heavy atom. The van der Waals surface area contributed by atoms with Crippen molar-refractivity contribution in [1.29, 1.82) is 0 Å². The summed E-state index contributed by atoms with van der Waals surface area (Å²) in [5, 5.41) is 21.4. The van der Waals surface area contributed by atoms with Gasteiger partial charge in [0.2, 0.25) is 0 Å². The first kappa shape index (κ1) is 16.9. The van der Waals surface area contributed by atoms with E-state index >= 15 is 0 Å². The van der Waals surface area contributed by atoms with Crippen molar-refractivity contribution in [3.63, 3.8) is 0 Å². The maximum atomic E-state index is 13.1. The van der Waals surface area contributed by atoms with E-state index in [2.05, 4.69) is 0 Å². The molecule has 1 unspecified atom stereocenters. The van der Waals surface area contributed by atoms with Gasteiger partial charge in [-0.3, -0.25) is 4.79 Å². The van der Waals surface area contributed by atoms with E-state index in [1.807, 2.05) is 6.92 Å². The van der Waals surface area contributed by atoms with E-state index in [9.17, 15) is 19.8 Å². The summed E-state index contributed by atoms with van der Waals surface area (Å²) in [6.45, 7) is 3.57. The van der Waals surface area contributed by atoms with Crippen LogP contribution in [0.1, 0.15) is 36.1 Å². The number of carbonyl (C=O) groups excluding carboxylic acids is 1. The Morgan fingerprint density at radius 2 is 2.04 bits per heavy atom. The highest BCUT2D eigenvalue weighted by Gasteiger charge is 2.43. The summed E-state index contributed by atoms with van der Waals surface area (Å²) in [5.74, 6) is -0.599. The van der Waals surface area contributed by atoms with Crippen LogP contribution >= 0.6 is 0 Å². The highest BCUT2D eigenvalue weighted by atomic mass is 16.6. The minimum absolute atomic E-state index is 0.149. The molecule has 5 rings (SSSR count). The van der Waals surface area contributed by atoms with E-state index in [1.165, 1.54) is 6.92 Å². The molecule has 7 nitrogen and oxygen atoms in total. The number of aryl methyl sites for hydroxylation is 1. The monoisotopic (exact) mass is 378 g/mol. The number of esters is 1. The van der Waals surface area contributed by atoms with E-state index in [4.69, 9.17) is 9.72 Å². The Hall–Kier alpha value is -3.19. The Balaban J connectivity index is 1.84. The number of rotatable bonds is 1. The molecule has 4 heterocycles. The molecule has 28 heavy (non-hydrogen) atoms. The number of cyclic esters (lactones) is 1. The third kappa shape index (κ3) is 2.05. The highest BCUT2D eigenvalue weighted by Crippen LogP contribution is 2.39. The van der Waals surface area contributed by atoms with Crippen LogP contribution < -0.4 is 5.56 Å². The minimum Gasteiger partial charge on any atom is -0.508 e. The number of carbonyl (C=O) groups is 1. The van der Waals surface area contributed by atoms with E-state index < -0.39 is 11.6 Å². The van der Waals surface area contributed by atoms with Crippen molar-refractivity contribution in [1.82, 2.24) is 9.55 Å². The first-order chi connectivity index (χ1) is 13.3. The quantitative estimate of drug-likeness (QED) is 0.491. The lowest BCUT2D eigenvalue weighted by Gasteiger charge is -2.29. The molecule has 0 saturated carbocycles. The first-order valence-electron chi connectivity index (χ1n) is 9.14. The Kier molecular flexibility index (Phi) is 3.28. The van der Waals surface area contributed by atoms with Gasteiger partial charge in [-0.2, -0.15) is 0 Å². The molecule has 0 spiro atoms. The van der Waals surface area contributed by atoms with Gasteiger partial charge >= 0.3 is 5.97 Å². The number of pyridine rings is 2. The zero-order valence-corrected chi connectivity index (χ0v) is 15.4. The predicted octanol–water partition coefficient (Wildman–Crippen LogP) is 1.96. The fourth-order valence-electron chi connectivity index (χ4n) is 4.31. The number of aromatic hydroxyl groups is 1. The van der Waals surface area contributed by atoms with Gasteiger partial charge in [0.05, 0.1) is 29.0 Å². The van der Waals surface area contributed by atoms with Crippen LogP contribution in [-0.2, 0) is 34.7 Å². The molecule has 0 saturated heterocycles. The topological polar surface area (TPSA) is 102 Å². The zero-order chi connectivity index (χ0) is 19.8. The summed E-state index contributed by atoms with van der Waals surface area (Å²) in [6.07, 6.45) is 0.715.